The number of aliphatic imine (C=N–C) groups is 1. The van der Waals surface area contributed by atoms with Crippen molar-refractivity contribution in [3.63, 3.8) is 0 Å². The van der Waals surface area contributed by atoms with Crippen molar-refractivity contribution in [2.45, 2.75) is 58.9 Å². The van der Waals surface area contributed by atoms with Gasteiger partial charge in [0.1, 0.15) is 0 Å². The minimum Gasteiger partial charge on any atom is -0.490 e. The molecule has 166 valence electrons. The van der Waals surface area contributed by atoms with Gasteiger partial charge < -0.3 is 25.0 Å². The molecule has 1 aromatic carbocycles. The maximum absolute atomic E-state index is 5.74. The Bertz CT molecular complexity index is 590. The van der Waals surface area contributed by atoms with Crippen molar-refractivity contribution < 1.29 is 9.47 Å². The molecule has 1 rings (SSSR count). The third-order valence-electron chi connectivity index (χ3n) is 4.72. The number of benzene rings is 1. The summed E-state index contributed by atoms with van der Waals surface area (Å²) in [5.74, 6) is 2.41. The Morgan fingerprint density at radius 3 is 2.31 bits per heavy atom. The highest BCUT2D eigenvalue weighted by atomic mass is 16.5. The minimum absolute atomic E-state index is 0.113. The van der Waals surface area contributed by atoms with Gasteiger partial charge in [-0.2, -0.15) is 0 Å². The van der Waals surface area contributed by atoms with Gasteiger partial charge in [-0.15, -0.1) is 0 Å². The van der Waals surface area contributed by atoms with Crippen LogP contribution in [-0.4, -0.2) is 58.3 Å². The summed E-state index contributed by atoms with van der Waals surface area (Å²) in [5.41, 5.74) is 1.14. The highest BCUT2D eigenvalue weighted by Gasteiger charge is 2.12. The van der Waals surface area contributed by atoms with Crippen LogP contribution in [0.3, 0.4) is 0 Å². The van der Waals surface area contributed by atoms with E-state index in [9.17, 15) is 0 Å². The van der Waals surface area contributed by atoms with E-state index in [1.807, 2.05) is 33.0 Å². The summed E-state index contributed by atoms with van der Waals surface area (Å²) < 4.78 is 11.4. The van der Waals surface area contributed by atoms with Gasteiger partial charge in [0.15, 0.2) is 17.5 Å². The number of guanidine groups is 1. The summed E-state index contributed by atoms with van der Waals surface area (Å²) in [6, 6.07) is 6.22. The summed E-state index contributed by atoms with van der Waals surface area (Å²) in [6.07, 6.45) is 6.30. The van der Waals surface area contributed by atoms with Crippen LogP contribution in [0.1, 0.15) is 64.5 Å². The molecule has 0 heterocycles. The van der Waals surface area contributed by atoms with E-state index in [1.54, 1.807) is 0 Å². The van der Waals surface area contributed by atoms with Crippen LogP contribution in [0, 0.1) is 0 Å². The van der Waals surface area contributed by atoms with Crippen molar-refractivity contribution in [1.29, 1.82) is 0 Å². The molecule has 0 bridgehead atoms. The zero-order valence-corrected chi connectivity index (χ0v) is 19.4. The van der Waals surface area contributed by atoms with Gasteiger partial charge >= 0.3 is 0 Å². The zero-order chi connectivity index (χ0) is 21.5. The molecule has 0 aromatic heterocycles. The SMILES string of the molecule is CCOc1ccc(C(C)NC(=NC)NCCCCCCCN(C)C)cc1OCC. The predicted molar refractivity (Wildman–Crippen MR) is 123 cm³/mol. The topological polar surface area (TPSA) is 58.1 Å². The summed E-state index contributed by atoms with van der Waals surface area (Å²) in [5, 5.41) is 6.89. The molecule has 1 aromatic rings. The van der Waals surface area contributed by atoms with E-state index in [2.05, 4.69) is 47.6 Å². The lowest BCUT2D eigenvalue weighted by atomic mass is 10.1. The normalized spacial score (nSPS) is 12.7. The molecule has 1 atom stereocenters. The van der Waals surface area contributed by atoms with Crippen LogP contribution in [0.2, 0.25) is 0 Å². The first-order valence-electron chi connectivity index (χ1n) is 11.0. The van der Waals surface area contributed by atoms with Gasteiger partial charge in [0.25, 0.3) is 0 Å². The van der Waals surface area contributed by atoms with E-state index in [0.29, 0.717) is 13.2 Å². The number of nitrogens with zero attached hydrogens (tertiary/aromatic N) is 2. The molecule has 0 aliphatic heterocycles. The molecule has 0 saturated carbocycles. The maximum atomic E-state index is 5.74. The van der Waals surface area contributed by atoms with Crippen LogP contribution in [0.4, 0.5) is 0 Å². The fourth-order valence-corrected chi connectivity index (χ4v) is 3.11. The third-order valence-corrected chi connectivity index (χ3v) is 4.72. The Hall–Kier alpha value is -1.95. The van der Waals surface area contributed by atoms with E-state index >= 15 is 0 Å². The van der Waals surface area contributed by atoms with Crippen molar-refractivity contribution in [3.8, 4) is 11.5 Å². The van der Waals surface area contributed by atoms with Gasteiger partial charge in [-0.25, -0.2) is 0 Å². The molecule has 2 N–H and O–H groups in total. The molecule has 0 radical (unpaired) electrons. The van der Waals surface area contributed by atoms with Crippen molar-refractivity contribution >= 4 is 5.96 Å². The first-order valence-corrected chi connectivity index (χ1v) is 11.0. The van der Waals surface area contributed by atoms with Crippen LogP contribution in [0.25, 0.3) is 0 Å². The lowest BCUT2D eigenvalue weighted by Crippen LogP contribution is -2.39. The molecule has 0 aliphatic rings. The van der Waals surface area contributed by atoms with Gasteiger partial charge in [0, 0.05) is 13.6 Å². The van der Waals surface area contributed by atoms with E-state index < -0.39 is 0 Å². The molecule has 0 spiro atoms. The van der Waals surface area contributed by atoms with Crippen molar-refractivity contribution in [3.05, 3.63) is 23.8 Å². The number of unbranched alkanes of at least 4 members (excludes halogenated alkanes) is 4. The molecule has 29 heavy (non-hydrogen) atoms. The van der Waals surface area contributed by atoms with Crippen molar-refractivity contribution in [1.82, 2.24) is 15.5 Å². The summed E-state index contributed by atoms with van der Waals surface area (Å²) >= 11 is 0. The molecule has 6 nitrogen and oxygen atoms in total. The van der Waals surface area contributed by atoms with Crippen LogP contribution in [-0.2, 0) is 0 Å². The van der Waals surface area contributed by atoms with Crippen molar-refractivity contribution in [2.75, 3.05) is 47.4 Å². The van der Waals surface area contributed by atoms with Gasteiger partial charge in [-0.3, -0.25) is 4.99 Å². The largest absolute Gasteiger partial charge is 0.490 e. The third kappa shape index (κ3) is 10.4. The summed E-state index contributed by atoms with van der Waals surface area (Å²) in [6.45, 7) is 9.45. The van der Waals surface area contributed by atoms with Crippen LogP contribution < -0.4 is 20.1 Å². The van der Waals surface area contributed by atoms with Gasteiger partial charge in [-0.1, -0.05) is 25.3 Å². The first-order chi connectivity index (χ1) is 14.0. The number of hydrogen-bond acceptors (Lipinski definition) is 4. The summed E-state index contributed by atoms with van der Waals surface area (Å²) in [7, 11) is 6.08. The van der Waals surface area contributed by atoms with E-state index in [4.69, 9.17) is 9.47 Å². The molecule has 0 saturated heterocycles. The lowest BCUT2D eigenvalue weighted by molar-refractivity contribution is 0.287. The first kappa shape index (κ1) is 25.1. The Labute approximate surface area is 178 Å². The molecular weight excluding hydrogens is 364 g/mol. The predicted octanol–water partition coefficient (Wildman–Crippen LogP) is 4.22. The Morgan fingerprint density at radius 2 is 1.66 bits per heavy atom. The average molecular weight is 407 g/mol. The van der Waals surface area contributed by atoms with E-state index in [1.165, 1.54) is 32.2 Å². The molecular formula is C23H42N4O2. The molecule has 1 unspecified atom stereocenters. The van der Waals surface area contributed by atoms with E-state index in [0.717, 1.165) is 36.0 Å². The van der Waals surface area contributed by atoms with Crippen LogP contribution in [0.15, 0.2) is 23.2 Å². The zero-order valence-electron chi connectivity index (χ0n) is 19.4. The maximum Gasteiger partial charge on any atom is 0.191 e. The highest BCUT2D eigenvalue weighted by molar-refractivity contribution is 5.80. The number of rotatable bonds is 14. The highest BCUT2D eigenvalue weighted by Crippen LogP contribution is 2.30. The summed E-state index contributed by atoms with van der Waals surface area (Å²) in [4.78, 5) is 6.61. The fraction of sp³-hybridized carbons (Fsp3) is 0.696. The van der Waals surface area contributed by atoms with Gasteiger partial charge in [0.05, 0.1) is 19.3 Å². The minimum atomic E-state index is 0.113. The van der Waals surface area contributed by atoms with Crippen LogP contribution >= 0.6 is 0 Å². The second-order valence-electron chi connectivity index (χ2n) is 7.51. The lowest BCUT2D eigenvalue weighted by Gasteiger charge is -2.20. The standard InChI is InChI=1S/C23H42N4O2/c1-7-28-21-15-14-20(18-22(21)29-8-2)19(3)26-23(24-4)25-16-12-10-9-11-13-17-27(5)6/h14-15,18-19H,7-13,16-17H2,1-6H3,(H2,24,25,26). The second-order valence-corrected chi connectivity index (χ2v) is 7.51. The Balaban J connectivity index is 2.42. The number of hydrogen-bond donors (Lipinski definition) is 2. The molecule has 0 aliphatic carbocycles. The van der Waals surface area contributed by atoms with Gasteiger partial charge in [0.2, 0.25) is 0 Å². The quantitative estimate of drug-likeness (QED) is 0.275. The van der Waals surface area contributed by atoms with E-state index in [-0.39, 0.29) is 6.04 Å². The molecule has 0 fully saturated rings. The van der Waals surface area contributed by atoms with Crippen LogP contribution in [0.5, 0.6) is 11.5 Å². The second kappa shape index (κ2) is 15.0. The van der Waals surface area contributed by atoms with Gasteiger partial charge in [-0.05, 0) is 71.9 Å². The number of nitrogens with one attached hydrogen (secondary N) is 2. The molecule has 6 heteroatoms. The Kier molecular flexibility index (Phi) is 12.9. The monoisotopic (exact) mass is 406 g/mol. The van der Waals surface area contributed by atoms with Crippen molar-refractivity contribution in [2.24, 2.45) is 4.99 Å². The Morgan fingerprint density at radius 1 is 1.00 bits per heavy atom. The number of ether oxygens (including phenoxy) is 2. The molecule has 0 amide bonds. The smallest absolute Gasteiger partial charge is 0.191 e. The average Bonchev–Trinajstić information content (AvgIpc) is 2.70. The fourth-order valence-electron chi connectivity index (χ4n) is 3.11.